The number of carbonyl (C=O) groups is 1. The van der Waals surface area contributed by atoms with E-state index < -0.39 is 11.7 Å². The molecule has 1 atom stereocenters. The number of halogens is 2. The van der Waals surface area contributed by atoms with Gasteiger partial charge < -0.3 is 20.4 Å². The molecule has 168 valence electrons. The average molecular weight is 473 g/mol. The SMILES string of the molecule is CC(C)(C)OC(=O)NCCc1cc(Nc2ccc(Cl)nc2)cc2c3c([nH]c12)=CCC(Cl)C=3. The van der Waals surface area contributed by atoms with Crippen molar-refractivity contribution in [2.45, 2.75) is 44.6 Å². The Hall–Kier alpha value is -2.70. The summed E-state index contributed by atoms with van der Waals surface area (Å²) in [5.41, 5.74) is 3.34. The molecule has 0 radical (unpaired) electrons. The summed E-state index contributed by atoms with van der Waals surface area (Å²) in [5, 5.41) is 9.91. The second-order valence-corrected chi connectivity index (χ2v) is 9.75. The largest absolute Gasteiger partial charge is 0.444 e. The van der Waals surface area contributed by atoms with Crippen molar-refractivity contribution in [2.24, 2.45) is 0 Å². The first kappa shape index (κ1) is 22.5. The van der Waals surface area contributed by atoms with Gasteiger partial charge in [-0.25, -0.2) is 9.78 Å². The minimum Gasteiger partial charge on any atom is -0.444 e. The molecule has 1 unspecified atom stereocenters. The quantitative estimate of drug-likeness (QED) is 0.374. The molecule has 4 rings (SSSR count). The van der Waals surface area contributed by atoms with Gasteiger partial charge in [-0.1, -0.05) is 23.8 Å². The Balaban J connectivity index is 1.66. The molecule has 3 aromatic rings. The maximum Gasteiger partial charge on any atom is 0.407 e. The number of fused-ring (bicyclic) bond motifs is 3. The number of nitrogens with one attached hydrogen (secondary N) is 3. The average Bonchev–Trinajstić information content (AvgIpc) is 3.06. The lowest BCUT2D eigenvalue weighted by atomic mass is 10.0. The number of anilines is 2. The first-order valence-corrected chi connectivity index (χ1v) is 11.4. The van der Waals surface area contributed by atoms with E-state index in [9.17, 15) is 4.79 Å². The number of benzene rings is 1. The van der Waals surface area contributed by atoms with Crippen LogP contribution in [0.15, 0.2) is 30.5 Å². The number of hydrogen-bond donors (Lipinski definition) is 3. The van der Waals surface area contributed by atoms with Crippen molar-refractivity contribution in [3.63, 3.8) is 0 Å². The van der Waals surface area contributed by atoms with E-state index in [1.165, 1.54) is 0 Å². The van der Waals surface area contributed by atoms with Crippen molar-refractivity contribution in [1.82, 2.24) is 15.3 Å². The van der Waals surface area contributed by atoms with Gasteiger partial charge in [-0.15, -0.1) is 11.6 Å². The second-order valence-electron chi connectivity index (χ2n) is 8.81. The lowest BCUT2D eigenvalue weighted by Gasteiger charge is -2.19. The number of nitrogens with zero attached hydrogens (tertiary/aromatic N) is 1. The highest BCUT2D eigenvalue weighted by molar-refractivity contribution is 6.29. The first-order valence-electron chi connectivity index (χ1n) is 10.5. The molecule has 0 saturated heterocycles. The number of alkyl carbamates (subject to hydrolysis) is 1. The number of aromatic amines is 1. The van der Waals surface area contributed by atoms with E-state index >= 15 is 0 Å². The Morgan fingerprint density at radius 1 is 1.28 bits per heavy atom. The van der Waals surface area contributed by atoms with E-state index in [1.807, 2.05) is 26.8 Å². The molecule has 2 aromatic heterocycles. The van der Waals surface area contributed by atoms with Crippen LogP contribution in [0.2, 0.25) is 5.15 Å². The predicted octanol–water partition coefficient (Wildman–Crippen LogP) is 4.60. The normalized spacial score (nSPS) is 15.5. The summed E-state index contributed by atoms with van der Waals surface area (Å²) in [6, 6.07) is 7.80. The Bertz CT molecular complexity index is 1260. The molecule has 6 nitrogen and oxygen atoms in total. The monoisotopic (exact) mass is 472 g/mol. The van der Waals surface area contributed by atoms with Crippen LogP contribution in [0.1, 0.15) is 32.8 Å². The molecular formula is C24H26Cl2N4O2. The van der Waals surface area contributed by atoms with Crippen LogP contribution in [-0.4, -0.2) is 33.6 Å². The first-order chi connectivity index (χ1) is 15.2. The van der Waals surface area contributed by atoms with Crippen LogP contribution in [0.4, 0.5) is 16.2 Å². The van der Waals surface area contributed by atoms with Gasteiger partial charge in [-0.05, 0) is 63.4 Å². The van der Waals surface area contributed by atoms with Crippen molar-refractivity contribution in [2.75, 3.05) is 11.9 Å². The molecule has 1 amide bonds. The van der Waals surface area contributed by atoms with Crippen molar-refractivity contribution < 1.29 is 9.53 Å². The van der Waals surface area contributed by atoms with Crippen LogP contribution in [0.5, 0.6) is 0 Å². The Morgan fingerprint density at radius 2 is 2.09 bits per heavy atom. The molecule has 32 heavy (non-hydrogen) atoms. The lowest BCUT2D eigenvalue weighted by molar-refractivity contribution is 0.0528. The summed E-state index contributed by atoms with van der Waals surface area (Å²) in [5.74, 6) is 0. The van der Waals surface area contributed by atoms with Crippen molar-refractivity contribution >= 4 is 63.7 Å². The minimum absolute atomic E-state index is 0.0316. The zero-order valence-electron chi connectivity index (χ0n) is 18.3. The molecule has 0 fully saturated rings. The van der Waals surface area contributed by atoms with Gasteiger partial charge in [0, 0.05) is 33.7 Å². The number of hydrogen-bond acceptors (Lipinski definition) is 4. The molecule has 8 heteroatoms. The summed E-state index contributed by atoms with van der Waals surface area (Å²) in [6.07, 6.45) is 6.91. The third kappa shape index (κ3) is 5.37. The third-order valence-corrected chi connectivity index (χ3v) is 5.56. The van der Waals surface area contributed by atoms with Gasteiger partial charge in [0.05, 0.1) is 17.3 Å². The summed E-state index contributed by atoms with van der Waals surface area (Å²) >= 11 is 12.3. The summed E-state index contributed by atoms with van der Waals surface area (Å²) in [6.45, 7) is 5.98. The molecule has 1 aliphatic carbocycles. The van der Waals surface area contributed by atoms with Crippen LogP contribution in [0.3, 0.4) is 0 Å². The van der Waals surface area contributed by atoms with Crippen LogP contribution in [0.25, 0.3) is 23.1 Å². The predicted molar refractivity (Wildman–Crippen MR) is 131 cm³/mol. The summed E-state index contributed by atoms with van der Waals surface area (Å²) in [7, 11) is 0. The number of amides is 1. The smallest absolute Gasteiger partial charge is 0.407 e. The van der Waals surface area contributed by atoms with E-state index in [1.54, 1.807) is 12.3 Å². The van der Waals surface area contributed by atoms with E-state index in [2.05, 4.69) is 44.9 Å². The standard InChI is InChI=1S/C24H26Cl2N4O2/c1-24(2,3)32-23(31)27-9-8-14-10-17(29-16-5-7-21(26)28-13-16)12-19-18-11-15(25)4-6-20(18)30-22(14)19/h5-7,10-13,15,29-30H,4,8-9H2,1-3H3,(H,27,31). The van der Waals surface area contributed by atoms with Gasteiger partial charge in [0.2, 0.25) is 0 Å². The van der Waals surface area contributed by atoms with Gasteiger partial charge in [-0.2, -0.15) is 0 Å². The van der Waals surface area contributed by atoms with Gasteiger partial charge in [0.25, 0.3) is 0 Å². The summed E-state index contributed by atoms with van der Waals surface area (Å²) in [4.78, 5) is 19.7. The number of H-pyrrole nitrogens is 1. The molecule has 1 aromatic carbocycles. The van der Waals surface area contributed by atoms with Gasteiger partial charge in [0.1, 0.15) is 10.8 Å². The topological polar surface area (TPSA) is 79.0 Å². The number of ether oxygens (including phenoxy) is 1. The van der Waals surface area contributed by atoms with Crippen LogP contribution in [-0.2, 0) is 11.2 Å². The van der Waals surface area contributed by atoms with Crippen LogP contribution < -0.4 is 21.2 Å². The van der Waals surface area contributed by atoms with Crippen LogP contribution in [0, 0.1) is 0 Å². The number of carbonyl (C=O) groups excluding carboxylic acids is 1. The Kier molecular flexibility index (Phi) is 6.35. The van der Waals surface area contributed by atoms with Gasteiger partial charge >= 0.3 is 6.09 Å². The van der Waals surface area contributed by atoms with E-state index in [4.69, 9.17) is 27.9 Å². The van der Waals surface area contributed by atoms with Gasteiger partial charge in [0.15, 0.2) is 0 Å². The molecule has 0 bridgehead atoms. The number of aromatic nitrogens is 2. The van der Waals surface area contributed by atoms with E-state index in [0.717, 1.165) is 44.8 Å². The highest BCUT2D eigenvalue weighted by Crippen LogP contribution is 2.24. The number of rotatable bonds is 5. The molecule has 0 spiro atoms. The van der Waals surface area contributed by atoms with Crippen molar-refractivity contribution in [3.8, 4) is 0 Å². The third-order valence-electron chi connectivity index (χ3n) is 5.03. The van der Waals surface area contributed by atoms with Gasteiger partial charge in [-0.3, -0.25) is 0 Å². The fourth-order valence-corrected chi connectivity index (χ4v) is 4.06. The fraction of sp³-hybridized carbons (Fsp3) is 0.333. The zero-order chi connectivity index (χ0) is 22.9. The molecular weight excluding hydrogens is 447 g/mol. The maximum absolute atomic E-state index is 12.0. The molecule has 3 N–H and O–H groups in total. The minimum atomic E-state index is -0.532. The number of pyridine rings is 1. The Labute approximate surface area is 196 Å². The summed E-state index contributed by atoms with van der Waals surface area (Å²) < 4.78 is 5.34. The molecule has 1 aliphatic rings. The van der Waals surface area contributed by atoms with Crippen LogP contribution >= 0.6 is 23.2 Å². The number of alkyl halides is 1. The van der Waals surface area contributed by atoms with Crippen molar-refractivity contribution in [1.29, 1.82) is 0 Å². The fourth-order valence-electron chi connectivity index (χ4n) is 3.73. The molecule has 0 aliphatic heterocycles. The zero-order valence-corrected chi connectivity index (χ0v) is 19.8. The maximum atomic E-state index is 12.0. The van der Waals surface area contributed by atoms with E-state index in [-0.39, 0.29) is 5.38 Å². The molecule has 2 heterocycles. The Morgan fingerprint density at radius 3 is 2.81 bits per heavy atom. The van der Waals surface area contributed by atoms with E-state index in [0.29, 0.717) is 18.1 Å². The highest BCUT2D eigenvalue weighted by Gasteiger charge is 2.17. The second kappa shape index (κ2) is 9.04. The molecule has 0 saturated carbocycles. The highest BCUT2D eigenvalue weighted by atomic mass is 35.5. The van der Waals surface area contributed by atoms with Crippen molar-refractivity contribution in [3.05, 3.63) is 51.7 Å². The lowest BCUT2D eigenvalue weighted by Crippen LogP contribution is -2.33.